The van der Waals surface area contributed by atoms with Gasteiger partial charge in [-0.15, -0.1) is 0 Å². The predicted molar refractivity (Wildman–Crippen MR) is 122 cm³/mol. The highest BCUT2D eigenvalue weighted by atomic mass is 35.5. The van der Waals surface area contributed by atoms with E-state index < -0.39 is 43.5 Å². The van der Waals surface area contributed by atoms with E-state index in [-0.39, 0.29) is 23.8 Å². The molecule has 0 radical (unpaired) electrons. The van der Waals surface area contributed by atoms with E-state index in [2.05, 4.69) is 5.32 Å². The fourth-order valence-corrected chi connectivity index (χ4v) is 5.69. The van der Waals surface area contributed by atoms with E-state index in [1.165, 1.54) is 18.2 Å². The van der Waals surface area contributed by atoms with Gasteiger partial charge in [0.25, 0.3) is 0 Å². The monoisotopic (exact) mass is 527 g/mol. The molecule has 0 heterocycles. The van der Waals surface area contributed by atoms with Gasteiger partial charge in [0, 0.05) is 17.7 Å². The molecule has 0 aromatic heterocycles. The highest BCUT2D eigenvalue weighted by Gasteiger charge is 2.43. The molecular formula is C24H18ClF4NO4S. The Labute approximate surface area is 203 Å². The Balaban J connectivity index is 1.34. The molecule has 1 aliphatic rings. The van der Waals surface area contributed by atoms with Crippen molar-refractivity contribution in [1.82, 2.24) is 0 Å². The minimum absolute atomic E-state index is 0.0108. The maximum absolute atomic E-state index is 13.2. The molecule has 0 atom stereocenters. The van der Waals surface area contributed by atoms with Crippen LogP contribution in [0.4, 0.5) is 23.2 Å². The molecule has 1 amide bonds. The second kappa shape index (κ2) is 9.50. The number of halogens is 5. The minimum atomic E-state index is -4.65. The fourth-order valence-electron chi connectivity index (χ4n) is 3.60. The second-order valence-corrected chi connectivity index (χ2v) is 10.7. The van der Waals surface area contributed by atoms with E-state index >= 15 is 0 Å². The van der Waals surface area contributed by atoms with Gasteiger partial charge in [-0.25, -0.2) is 12.8 Å². The number of hydrogen-bond acceptors (Lipinski definition) is 4. The number of carbonyl (C=O) groups is 1. The maximum Gasteiger partial charge on any atom is 0.416 e. The van der Waals surface area contributed by atoms with Crippen LogP contribution in [0.1, 0.15) is 18.4 Å². The summed E-state index contributed by atoms with van der Waals surface area (Å²) in [5, 5.41) is 1.67. The van der Waals surface area contributed by atoms with Crippen LogP contribution >= 0.6 is 11.6 Å². The largest absolute Gasteiger partial charge is 0.457 e. The molecule has 0 unspecified atom stereocenters. The topological polar surface area (TPSA) is 72.5 Å². The smallest absolute Gasteiger partial charge is 0.416 e. The van der Waals surface area contributed by atoms with Crippen molar-refractivity contribution in [3.63, 3.8) is 0 Å². The molecule has 184 valence electrons. The zero-order chi connectivity index (χ0) is 25.4. The molecular weight excluding hydrogens is 510 g/mol. The van der Waals surface area contributed by atoms with E-state index in [9.17, 15) is 30.8 Å². The van der Waals surface area contributed by atoms with Crippen LogP contribution in [0.2, 0.25) is 5.02 Å². The lowest BCUT2D eigenvalue weighted by atomic mass is 9.84. The van der Waals surface area contributed by atoms with Crippen LogP contribution in [0.15, 0.2) is 71.6 Å². The van der Waals surface area contributed by atoms with Crippen molar-refractivity contribution in [2.45, 2.75) is 29.2 Å². The van der Waals surface area contributed by atoms with Gasteiger partial charge in [0.15, 0.2) is 9.84 Å². The van der Waals surface area contributed by atoms with E-state index in [1.807, 2.05) is 0 Å². The molecule has 0 bridgehead atoms. The molecule has 4 rings (SSSR count). The van der Waals surface area contributed by atoms with E-state index in [4.69, 9.17) is 16.3 Å². The third-order valence-corrected chi connectivity index (χ3v) is 8.11. The summed E-state index contributed by atoms with van der Waals surface area (Å²) in [6, 6.07) is 13.8. The number of nitrogens with one attached hydrogen (secondary N) is 1. The third kappa shape index (κ3) is 5.59. The Morgan fingerprint density at radius 3 is 2.26 bits per heavy atom. The first-order valence-corrected chi connectivity index (χ1v) is 12.3. The molecule has 3 aromatic rings. The van der Waals surface area contributed by atoms with Crippen LogP contribution in [-0.2, 0) is 20.8 Å². The van der Waals surface area contributed by atoms with Crippen molar-refractivity contribution in [2.75, 3.05) is 5.32 Å². The Bertz CT molecular complexity index is 1350. The van der Waals surface area contributed by atoms with Crippen molar-refractivity contribution >= 4 is 33.0 Å². The first-order chi connectivity index (χ1) is 16.4. The van der Waals surface area contributed by atoms with E-state index in [0.717, 1.165) is 18.2 Å². The summed E-state index contributed by atoms with van der Waals surface area (Å²) in [6.07, 6.45) is -4.63. The number of ether oxygens (including phenoxy) is 1. The van der Waals surface area contributed by atoms with Gasteiger partial charge < -0.3 is 10.1 Å². The summed E-state index contributed by atoms with van der Waals surface area (Å²) in [6.45, 7) is 0. The van der Waals surface area contributed by atoms with Gasteiger partial charge in [0.2, 0.25) is 5.91 Å². The SMILES string of the molecule is O=C(Nc1ccc(Oc2ccc(F)c(Cl)c2)cc1)[C@H]1C[C@H](S(=O)(=O)c2cccc(C(F)(F)F)c2)C1. The second-order valence-electron chi connectivity index (χ2n) is 8.05. The van der Waals surface area contributed by atoms with Crippen molar-refractivity contribution < 1.29 is 35.5 Å². The van der Waals surface area contributed by atoms with Gasteiger partial charge in [0.05, 0.1) is 20.7 Å². The van der Waals surface area contributed by atoms with Crippen LogP contribution in [-0.4, -0.2) is 19.6 Å². The third-order valence-electron chi connectivity index (χ3n) is 5.64. The number of rotatable bonds is 6. The van der Waals surface area contributed by atoms with Crippen molar-refractivity contribution in [2.24, 2.45) is 5.92 Å². The van der Waals surface area contributed by atoms with Gasteiger partial charge >= 0.3 is 6.18 Å². The Morgan fingerprint density at radius 2 is 1.63 bits per heavy atom. The number of amides is 1. The van der Waals surface area contributed by atoms with Crippen molar-refractivity contribution in [1.29, 1.82) is 0 Å². The number of anilines is 1. The van der Waals surface area contributed by atoms with Gasteiger partial charge in [0.1, 0.15) is 17.3 Å². The first-order valence-electron chi connectivity index (χ1n) is 10.4. The fraction of sp³-hybridized carbons (Fsp3) is 0.208. The molecule has 0 saturated heterocycles. The van der Waals surface area contributed by atoms with E-state index in [1.54, 1.807) is 24.3 Å². The number of hydrogen-bond donors (Lipinski definition) is 1. The summed E-state index contributed by atoms with van der Waals surface area (Å²) in [7, 11) is -3.99. The summed E-state index contributed by atoms with van der Waals surface area (Å²) in [5.41, 5.74) is -0.592. The molecule has 35 heavy (non-hydrogen) atoms. The number of benzene rings is 3. The summed E-state index contributed by atoms with van der Waals surface area (Å²) in [5.74, 6) is -0.799. The number of alkyl halides is 3. The molecule has 3 aromatic carbocycles. The number of sulfone groups is 1. The zero-order valence-electron chi connectivity index (χ0n) is 17.9. The van der Waals surface area contributed by atoms with Crippen molar-refractivity contribution in [3.8, 4) is 11.5 Å². The quantitative estimate of drug-likeness (QED) is 0.372. The Hall–Kier alpha value is -3.11. The minimum Gasteiger partial charge on any atom is -0.457 e. The number of carbonyl (C=O) groups excluding carboxylic acids is 1. The lowest BCUT2D eigenvalue weighted by Gasteiger charge is -2.33. The summed E-state index contributed by atoms with van der Waals surface area (Å²) < 4.78 is 83.0. The van der Waals surface area contributed by atoms with Crippen LogP contribution in [0, 0.1) is 11.7 Å². The standard InChI is InChI=1S/C24H18ClF4NO4S/c25-21-13-18(8-9-22(21)26)34-17-6-4-16(5-7-17)30-23(31)14-10-20(11-14)35(32,33)19-3-1-2-15(12-19)24(27,28)29/h1-9,12-14,20H,10-11H2,(H,30,31)/t14-,20-. The molecule has 1 fully saturated rings. The van der Waals surface area contributed by atoms with Gasteiger partial charge in [-0.3, -0.25) is 4.79 Å². The highest BCUT2D eigenvalue weighted by molar-refractivity contribution is 7.92. The van der Waals surface area contributed by atoms with Crippen LogP contribution in [0.3, 0.4) is 0 Å². The Morgan fingerprint density at radius 1 is 0.971 bits per heavy atom. The van der Waals surface area contributed by atoms with Crippen LogP contribution in [0.25, 0.3) is 0 Å². The van der Waals surface area contributed by atoms with Gasteiger partial charge in [-0.2, -0.15) is 13.2 Å². The lowest BCUT2D eigenvalue weighted by molar-refractivity contribution is -0.137. The zero-order valence-corrected chi connectivity index (χ0v) is 19.4. The van der Waals surface area contributed by atoms with Crippen molar-refractivity contribution in [3.05, 3.63) is 83.1 Å². The average molecular weight is 528 g/mol. The highest BCUT2D eigenvalue weighted by Crippen LogP contribution is 2.38. The van der Waals surface area contributed by atoms with Gasteiger partial charge in [-0.05, 0) is 67.4 Å². The summed E-state index contributed by atoms with van der Waals surface area (Å²) in [4.78, 5) is 12.1. The van der Waals surface area contributed by atoms with Gasteiger partial charge in [-0.1, -0.05) is 17.7 Å². The predicted octanol–water partition coefficient (Wildman–Crippen LogP) is 6.48. The molecule has 0 aliphatic heterocycles. The van der Waals surface area contributed by atoms with Crippen LogP contribution < -0.4 is 10.1 Å². The molecule has 11 heteroatoms. The molecule has 0 spiro atoms. The van der Waals surface area contributed by atoms with E-state index in [0.29, 0.717) is 23.3 Å². The molecule has 1 saturated carbocycles. The Kier molecular flexibility index (Phi) is 6.79. The molecule has 1 aliphatic carbocycles. The normalized spacial score (nSPS) is 18.0. The van der Waals surface area contributed by atoms with Crippen LogP contribution in [0.5, 0.6) is 11.5 Å². The maximum atomic E-state index is 13.2. The average Bonchev–Trinajstić information content (AvgIpc) is 2.76. The molecule has 1 N–H and O–H groups in total. The molecule has 5 nitrogen and oxygen atoms in total. The lowest BCUT2D eigenvalue weighted by Crippen LogP contribution is -2.42. The summed E-state index contributed by atoms with van der Waals surface area (Å²) >= 11 is 5.72. The first kappa shape index (κ1) is 25.0.